The molecule has 0 saturated heterocycles. The number of rotatable bonds is 1. The zero-order valence-corrected chi connectivity index (χ0v) is 8.24. The fraction of sp³-hybridized carbons (Fsp3) is 0.200. The Labute approximate surface area is 84.0 Å². The van der Waals surface area contributed by atoms with Crippen molar-refractivity contribution in [2.75, 3.05) is 0 Å². The second kappa shape index (κ2) is 3.47. The van der Waals surface area contributed by atoms with Gasteiger partial charge in [-0.05, 0) is 6.92 Å². The van der Waals surface area contributed by atoms with Gasteiger partial charge in [0.2, 0.25) is 10.3 Å². The van der Waals surface area contributed by atoms with E-state index in [0.717, 1.165) is 0 Å². The molecule has 0 bridgehead atoms. The first-order valence-electron chi connectivity index (χ1n) is 2.86. The van der Waals surface area contributed by atoms with Crippen LogP contribution < -0.4 is 0 Å². The van der Waals surface area contributed by atoms with Crippen LogP contribution in [0.3, 0.4) is 0 Å². The lowest BCUT2D eigenvalue weighted by Crippen LogP contribution is -1.97. The summed E-state index contributed by atoms with van der Waals surface area (Å²) in [5, 5.41) is -0.0602. The Morgan fingerprint density at radius 1 is 1.33 bits per heavy atom. The lowest BCUT2D eigenvalue weighted by Gasteiger charge is -1.99. The minimum absolute atomic E-state index is 0.0301. The molecule has 0 spiro atoms. The molecule has 0 N–H and O–H groups in total. The van der Waals surface area contributed by atoms with Crippen LogP contribution in [-0.2, 0) is 12.8 Å². The fourth-order valence-corrected chi connectivity index (χ4v) is 1.55. The highest BCUT2D eigenvalue weighted by Gasteiger charge is 2.18. The van der Waals surface area contributed by atoms with Crippen LogP contribution >= 0.6 is 23.2 Å². The Morgan fingerprint density at radius 2 is 1.75 bits per heavy atom. The molecule has 0 fully saturated rings. The number of hydrogen-bond donors (Lipinski definition) is 0. The van der Waals surface area contributed by atoms with Gasteiger partial charge in [-0.1, -0.05) is 27.4 Å². The van der Waals surface area contributed by atoms with Gasteiger partial charge in [-0.25, -0.2) is 9.97 Å². The average molecular weight is 224 g/mol. The van der Waals surface area contributed by atoms with Gasteiger partial charge in [-0.15, -0.1) is 0 Å². The normalized spacial score (nSPS) is 9.92. The third-order valence-electron chi connectivity index (χ3n) is 1.09. The van der Waals surface area contributed by atoms with Crippen molar-refractivity contribution in [2.24, 2.45) is 0 Å². The van der Waals surface area contributed by atoms with E-state index in [1.54, 1.807) is 6.92 Å². The standard InChI is InChI=1S/C5H3Cl2N3OS/c1-2-8-4(6)3(10(11)12)5(7)9-2/h1H3. The molecular formula is C5H3Cl2N3OS. The van der Waals surface area contributed by atoms with E-state index in [2.05, 4.69) is 22.8 Å². The molecule has 1 aromatic rings. The van der Waals surface area contributed by atoms with E-state index in [1.165, 1.54) is 0 Å². The lowest BCUT2D eigenvalue weighted by atomic mass is 10.5. The molecule has 4 nitrogen and oxygen atoms in total. The minimum atomic E-state index is -0.0843. The molecule has 0 atom stereocenters. The second-order valence-electron chi connectivity index (χ2n) is 1.96. The molecule has 64 valence electrons. The van der Waals surface area contributed by atoms with Crippen LogP contribution in [0.1, 0.15) is 5.82 Å². The maximum absolute atomic E-state index is 10.7. The van der Waals surface area contributed by atoms with Gasteiger partial charge in [0.1, 0.15) is 5.82 Å². The van der Waals surface area contributed by atoms with E-state index in [1.807, 2.05) is 0 Å². The molecular weight excluding hydrogens is 221 g/mol. The molecule has 0 aliphatic rings. The molecule has 0 unspecified atom stereocenters. The fourth-order valence-electron chi connectivity index (χ4n) is 0.651. The van der Waals surface area contributed by atoms with Crippen LogP contribution in [0.5, 0.6) is 0 Å². The van der Waals surface area contributed by atoms with Crippen molar-refractivity contribution in [3.63, 3.8) is 0 Å². The summed E-state index contributed by atoms with van der Waals surface area (Å²) in [7, 11) is 0. The van der Waals surface area contributed by atoms with Gasteiger partial charge in [0.05, 0.1) is 0 Å². The highest BCUT2D eigenvalue weighted by Crippen LogP contribution is 2.28. The van der Waals surface area contributed by atoms with Crippen molar-refractivity contribution in [3.8, 4) is 0 Å². The summed E-state index contributed by atoms with van der Waals surface area (Å²) in [6.07, 6.45) is 0. The summed E-state index contributed by atoms with van der Waals surface area (Å²) < 4.78 is 0.115. The van der Waals surface area contributed by atoms with Gasteiger partial charge >= 0.3 is 5.69 Å². The van der Waals surface area contributed by atoms with Gasteiger partial charge < -0.3 is 12.8 Å². The average Bonchev–Trinajstić information content (AvgIpc) is 1.82. The van der Waals surface area contributed by atoms with Crippen molar-refractivity contribution in [1.29, 1.82) is 0 Å². The molecule has 0 aliphatic carbocycles. The predicted molar refractivity (Wildman–Crippen MR) is 47.4 cm³/mol. The molecule has 0 radical (unpaired) electrons. The summed E-state index contributed by atoms with van der Waals surface area (Å²) >= 11 is 15.5. The summed E-state index contributed by atoms with van der Waals surface area (Å²) in [6.45, 7) is 1.61. The quantitative estimate of drug-likeness (QED) is 0.415. The number of nitrogens with zero attached hydrogens (tertiary/aromatic N) is 3. The number of nitroso groups, excluding NO2 is 1. The summed E-state index contributed by atoms with van der Waals surface area (Å²) in [6, 6.07) is 0. The molecule has 0 aromatic carbocycles. The maximum Gasteiger partial charge on any atom is 0.312 e. The van der Waals surface area contributed by atoms with Crippen molar-refractivity contribution in [1.82, 2.24) is 9.97 Å². The van der Waals surface area contributed by atoms with Gasteiger partial charge in [-0.3, -0.25) is 0 Å². The van der Waals surface area contributed by atoms with E-state index >= 15 is 0 Å². The third kappa shape index (κ3) is 1.80. The summed E-state index contributed by atoms with van der Waals surface area (Å²) in [4.78, 5) is 18.1. The van der Waals surface area contributed by atoms with Crippen LogP contribution in [0.2, 0.25) is 10.3 Å². The molecule has 1 rings (SSSR count). The van der Waals surface area contributed by atoms with Gasteiger partial charge in [-0.2, -0.15) is 0 Å². The minimum Gasteiger partial charge on any atom is -0.364 e. The predicted octanol–water partition coefficient (Wildman–Crippen LogP) is 1.96. The first-order valence-corrected chi connectivity index (χ1v) is 3.98. The molecule has 1 heterocycles. The molecule has 0 amide bonds. The van der Waals surface area contributed by atoms with Gasteiger partial charge in [0.15, 0.2) is 0 Å². The molecule has 1 aromatic heterocycles. The topological polar surface area (TPSA) is 45.9 Å². The number of hydrogen-bond acceptors (Lipinski definition) is 4. The van der Waals surface area contributed by atoms with Crippen LogP contribution in [0.15, 0.2) is 0 Å². The Balaban J connectivity index is 3.38. The number of aromatic nitrogens is 2. The number of halogens is 2. The molecule has 12 heavy (non-hydrogen) atoms. The van der Waals surface area contributed by atoms with Crippen LogP contribution in [-0.4, -0.2) is 14.1 Å². The van der Waals surface area contributed by atoms with Crippen LogP contribution in [0.25, 0.3) is 0 Å². The zero-order valence-electron chi connectivity index (χ0n) is 5.91. The van der Waals surface area contributed by atoms with E-state index in [9.17, 15) is 4.91 Å². The van der Waals surface area contributed by atoms with E-state index < -0.39 is 0 Å². The first kappa shape index (κ1) is 9.57. The van der Waals surface area contributed by atoms with E-state index in [-0.39, 0.29) is 20.2 Å². The van der Waals surface area contributed by atoms with Crippen molar-refractivity contribution in [2.45, 2.75) is 6.92 Å². The zero-order chi connectivity index (χ0) is 9.30. The highest BCUT2D eigenvalue weighted by atomic mass is 35.5. The Kier molecular flexibility index (Phi) is 2.76. The SMILES string of the molecule is Cc1nc(Cl)c([N+](=O)[S-])c(Cl)n1. The Bertz CT molecular complexity index is 320. The van der Waals surface area contributed by atoms with Gasteiger partial charge in [0, 0.05) is 4.91 Å². The van der Waals surface area contributed by atoms with E-state index in [0.29, 0.717) is 5.82 Å². The van der Waals surface area contributed by atoms with Crippen LogP contribution in [0, 0.1) is 11.8 Å². The van der Waals surface area contributed by atoms with Crippen LogP contribution in [0.4, 0.5) is 5.69 Å². The molecule has 7 heteroatoms. The largest absolute Gasteiger partial charge is 0.364 e. The second-order valence-corrected chi connectivity index (χ2v) is 3.01. The highest BCUT2D eigenvalue weighted by molar-refractivity contribution is 7.51. The molecule has 0 aliphatic heterocycles. The third-order valence-corrected chi connectivity index (χ3v) is 1.80. The smallest absolute Gasteiger partial charge is 0.312 e. The number of aryl methyl sites for hydroxylation is 1. The van der Waals surface area contributed by atoms with Crippen molar-refractivity contribution in [3.05, 3.63) is 21.0 Å². The Hall–Kier alpha value is -0.520. The molecule has 0 saturated carbocycles. The van der Waals surface area contributed by atoms with Crippen molar-refractivity contribution < 1.29 is 4.17 Å². The van der Waals surface area contributed by atoms with Crippen molar-refractivity contribution >= 4 is 41.7 Å². The maximum atomic E-state index is 10.7. The Morgan fingerprint density at radius 3 is 2.08 bits per heavy atom. The first-order chi connectivity index (χ1) is 5.52. The van der Waals surface area contributed by atoms with E-state index in [4.69, 9.17) is 23.2 Å². The van der Waals surface area contributed by atoms with Gasteiger partial charge in [0.25, 0.3) is 0 Å². The monoisotopic (exact) mass is 223 g/mol. The lowest BCUT2D eigenvalue weighted by molar-refractivity contribution is -0.263. The summed E-state index contributed by atoms with van der Waals surface area (Å²) in [5.41, 5.74) is -0.0843. The summed E-state index contributed by atoms with van der Waals surface area (Å²) in [5.74, 6) is 0.394.